The zero-order valence-electron chi connectivity index (χ0n) is 11.3. The van der Waals surface area contributed by atoms with E-state index in [-0.39, 0.29) is 11.9 Å². The minimum atomic E-state index is -0.194. The van der Waals surface area contributed by atoms with Gasteiger partial charge >= 0.3 is 0 Å². The highest BCUT2D eigenvalue weighted by Crippen LogP contribution is 2.26. The minimum absolute atomic E-state index is 0.194. The van der Waals surface area contributed by atoms with Crippen LogP contribution in [0.15, 0.2) is 54.6 Å². The standard InChI is InChI=1S/C17H18FNO/c18-16-8-6-15(7-9-16)17-13-20-11-10-19(17)12-14-4-2-1-3-5-14/h1-9,17H,10-13H2/t17-/m0/s1. The summed E-state index contributed by atoms with van der Waals surface area (Å²) in [5.41, 5.74) is 2.41. The van der Waals surface area contributed by atoms with Crippen molar-refractivity contribution in [1.29, 1.82) is 0 Å². The van der Waals surface area contributed by atoms with Gasteiger partial charge in [0.25, 0.3) is 0 Å². The second-order valence-corrected chi connectivity index (χ2v) is 5.10. The molecular formula is C17H18FNO. The number of rotatable bonds is 3. The summed E-state index contributed by atoms with van der Waals surface area (Å²) in [7, 11) is 0. The summed E-state index contributed by atoms with van der Waals surface area (Å²) < 4.78 is 18.7. The van der Waals surface area contributed by atoms with Gasteiger partial charge in [0.15, 0.2) is 0 Å². The lowest BCUT2D eigenvalue weighted by Gasteiger charge is -2.36. The quantitative estimate of drug-likeness (QED) is 0.848. The molecule has 20 heavy (non-hydrogen) atoms. The van der Waals surface area contributed by atoms with E-state index in [9.17, 15) is 4.39 Å². The molecule has 0 aliphatic carbocycles. The summed E-state index contributed by atoms with van der Waals surface area (Å²) in [5.74, 6) is -0.194. The molecule has 1 aliphatic heterocycles. The van der Waals surface area contributed by atoms with E-state index < -0.39 is 0 Å². The second-order valence-electron chi connectivity index (χ2n) is 5.10. The summed E-state index contributed by atoms with van der Waals surface area (Å²) in [4.78, 5) is 2.39. The van der Waals surface area contributed by atoms with Gasteiger partial charge in [-0.1, -0.05) is 42.5 Å². The third-order valence-corrected chi connectivity index (χ3v) is 3.72. The average Bonchev–Trinajstić information content (AvgIpc) is 2.50. The number of halogens is 1. The second kappa shape index (κ2) is 6.16. The van der Waals surface area contributed by atoms with E-state index in [1.807, 2.05) is 18.2 Å². The Morgan fingerprint density at radius 2 is 1.80 bits per heavy atom. The van der Waals surface area contributed by atoms with E-state index >= 15 is 0 Å². The van der Waals surface area contributed by atoms with Gasteiger partial charge < -0.3 is 4.74 Å². The lowest BCUT2D eigenvalue weighted by molar-refractivity contribution is -0.0127. The molecule has 0 amide bonds. The summed E-state index contributed by atoms with van der Waals surface area (Å²) in [5, 5.41) is 0. The van der Waals surface area contributed by atoms with Crippen LogP contribution in [0.5, 0.6) is 0 Å². The van der Waals surface area contributed by atoms with E-state index in [1.165, 1.54) is 17.7 Å². The zero-order chi connectivity index (χ0) is 13.8. The maximum atomic E-state index is 13.1. The zero-order valence-corrected chi connectivity index (χ0v) is 11.3. The van der Waals surface area contributed by atoms with Crippen molar-refractivity contribution in [2.24, 2.45) is 0 Å². The Morgan fingerprint density at radius 3 is 2.55 bits per heavy atom. The molecule has 2 nitrogen and oxygen atoms in total. The molecule has 2 aromatic rings. The first-order valence-corrected chi connectivity index (χ1v) is 6.94. The molecule has 1 fully saturated rings. The molecule has 2 aromatic carbocycles. The highest BCUT2D eigenvalue weighted by Gasteiger charge is 2.24. The molecule has 1 atom stereocenters. The molecule has 1 aliphatic rings. The van der Waals surface area contributed by atoms with Crippen LogP contribution in [0.3, 0.4) is 0 Å². The van der Waals surface area contributed by atoms with E-state index in [0.717, 1.165) is 25.3 Å². The Balaban J connectivity index is 1.78. The Kier molecular flexibility index (Phi) is 4.09. The van der Waals surface area contributed by atoms with Gasteiger partial charge in [-0.3, -0.25) is 4.90 Å². The first-order chi connectivity index (χ1) is 9.83. The van der Waals surface area contributed by atoms with E-state index in [2.05, 4.69) is 29.2 Å². The van der Waals surface area contributed by atoms with Crippen LogP contribution in [-0.4, -0.2) is 24.7 Å². The van der Waals surface area contributed by atoms with Crippen LogP contribution in [-0.2, 0) is 11.3 Å². The molecule has 1 heterocycles. The average molecular weight is 271 g/mol. The fourth-order valence-corrected chi connectivity index (χ4v) is 2.64. The molecule has 0 N–H and O–H groups in total. The van der Waals surface area contributed by atoms with Gasteiger partial charge in [0.2, 0.25) is 0 Å². The smallest absolute Gasteiger partial charge is 0.123 e. The van der Waals surface area contributed by atoms with Crippen molar-refractivity contribution in [3.05, 3.63) is 71.5 Å². The van der Waals surface area contributed by atoms with Gasteiger partial charge in [0.1, 0.15) is 5.82 Å². The topological polar surface area (TPSA) is 12.5 Å². The van der Waals surface area contributed by atoms with Crippen molar-refractivity contribution >= 4 is 0 Å². The van der Waals surface area contributed by atoms with E-state index in [0.29, 0.717) is 6.61 Å². The van der Waals surface area contributed by atoms with Crippen LogP contribution in [0.4, 0.5) is 4.39 Å². The van der Waals surface area contributed by atoms with Crippen LogP contribution in [0, 0.1) is 5.82 Å². The largest absolute Gasteiger partial charge is 0.378 e. The fraction of sp³-hybridized carbons (Fsp3) is 0.294. The summed E-state index contributed by atoms with van der Waals surface area (Å²) in [6, 6.07) is 17.4. The maximum Gasteiger partial charge on any atom is 0.123 e. The molecule has 0 radical (unpaired) electrons. The van der Waals surface area contributed by atoms with Gasteiger partial charge in [-0.25, -0.2) is 4.39 Å². The maximum absolute atomic E-state index is 13.1. The SMILES string of the molecule is Fc1ccc([C@@H]2COCCN2Cc2ccccc2)cc1. The minimum Gasteiger partial charge on any atom is -0.378 e. The normalized spacial score (nSPS) is 19.9. The van der Waals surface area contributed by atoms with Crippen molar-refractivity contribution in [2.45, 2.75) is 12.6 Å². The summed E-state index contributed by atoms with van der Waals surface area (Å²) >= 11 is 0. The first kappa shape index (κ1) is 13.3. The summed E-state index contributed by atoms with van der Waals surface area (Å²) in [6.07, 6.45) is 0. The van der Waals surface area contributed by atoms with Crippen molar-refractivity contribution in [1.82, 2.24) is 4.90 Å². The van der Waals surface area contributed by atoms with Crippen molar-refractivity contribution in [3.63, 3.8) is 0 Å². The Hall–Kier alpha value is -1.71. The van der Waals surface area contributed by atoms with Crippen LogP contribution < -0.4 is 0 Å². The van der Waals surface area contributed by atoms with E-state index in [4.69, 9.17) is 4.74 Å². The van der Waals surface area contributed by atoms with Gasteiger partial charge in [0.05, 0.1) is 19.3 Å². The number of nitrogens with zero attached hydrogens (tertiary/aromatic N) is 1. The van der Waals surface area contributed by atoms with Crippen LogP contribution in [0.1, 0.15) is 17.2 Å². The Bertz CT molecular complexity index is 541. The molecule has 1 saturated heterocycles. The van der Waals surface area contributed by atoms with Gasteiger partial charge in [-0.05, 0) is 23.3 Å². The number of ether oxygens (including phenoxy) is 1. The molecular weight excluding hydrogens is 253 g/mol. The van der Waals surface area contributed by atoms with Crippen LogP contribution in [0.2, 0.25) is 0 Å². The molecule has 0 bridgehead atoms. The van der Waals surface area contributed by atoms with Gasteiger partial charge in [-0.15, -0.1) is 0 Å². The van der Waals surface area contributed by atoms with Crippen molar-refractivity contribution in [2.75, 3.05) is 19.8 Å². The molecule has 0 saturated carbocycles. The first-order valence-electron chi connectivity index (χ1n) is 6.94. The molecule has 3 heteroatoms. The lowest BCUT2D eigenvalue weighted by Crippen LogP contribution is -2.38. The summed E-state index contributed by atoms with van der Waals surface area (Å²) in [6.45, 7) is 3.21. The molecule has 0 spiro atoms. The fourth-order valence-electron chi connectivity index (χ4n) is 2.64. The Labute approximate surface area is 118 Å². The van der Waals surface area contributed by atoms with Crippen LogP contribution in [0.25, 0.3) is 0 Å². The molecule has 0 aromatic heterocycles. The van der Waals surface area contributed by atoms with Crippen molar-refractivity contribution in [3.8, 4) is 0 Å². The predicted octanol–water partition coefficient (Wildman–Crippen LogP) is 3.40. The molecule has 104 valence electrons. The molecule has 0 unspecified atom stereocenters. The monoisotopic (exact) mass is 271 g/mol. The van der Waals surface area contributed by atoms with Gasteiger partial charge in [-0.2, -0.15) is 0 Å². The third-order valence-electron chi connectivity index (χ3n) is 3.72. The predicted molar refractivity (Wildman–Crippen MR) is 76.8 cm³/mol. The number of hydrogen-bond acceptors (Lipinski definition) is 2. The third kappa shape index (κ3) is 3.06. The lowest BCUT2D eigenvalue weighted by atomic mass is 10.0. The number of hydrogen-bond donors (Lipinski definition) is 0. The molecule has 3 rings (SSSR count). The van der Waals surface area contributed by atoms with Crippen LogP contribution >= 0.6 is 0 Å². The van der Waals surface area contributed by atoms with E-state index in [1.54, 1.807) is 0 Å². The van der Waals surface area contributed by atoms with Gasteiger partial charge in [0, 0.05) is 13.1 Å². The highest BCUT2D eigenvalue weighted by atomic mass is 19.1. The Morgan fingerprint density at radius 1 is 1.05 bits per heavy atom. The van der Waals surface area contributed by atoms with Crippen molar-refractivity contribution < 1.29 is 9.13 Å². The number of benzene rings is 2. The highest BCUT2D eigenvalue weighted by molar-refractivity contribution is 5.22. The number of morpholine rings is 1.